The molecule has 2 aliphatic rings. The van der Waals surface area contributed by atoms with Crippen LogP contribution >= 0.6 is 0 Å². The first kappa shape index (κ1) is 21.6. The van der Waals surface area contributed by atoms with Gasteiger partial charge in [0.25, 0.3) is 0 Å². The van der Waals surface area contributed by atoms with Crippen LogP contribution in [-0.4, -0.2) is 41.2 Å². The summed E-state index contributed by atoms with van der Waals surface area (Å²) < 4.78 is 5.34. The highest BCUT2D eigenvalue weighted by Gasteiger charge is 2.34. The van der Waals surface area contributed by atoms with Crippen LogP contribution in [0.4, 0.5) is 0 Å². The fourth-order valence-electron chi connectivity index (χ4n) is 5.06. The summed E-state index contributed by atoms with van der Waals surface area (Å²) in [6.45, 7) is 9.18. The fourth-order valence-corrected chi connectivity index (χ4v) is 5.06. The number of nitrogens with one attached hydrogen (secondary N) is 1. The van der Waals surface area contributed by atoms with Crippen LogP contribution in [0.25, 0.3) is 0 Å². The Bertz CT molecular complexity index is 885. The average Bonchev–Trinajstić information content (AvgIpc) is 3.37. The van der Waals surface area contributed by atoms with Gasteiger partial charge in [-0.25, -0.2) is 0 Å². The molecule has 3 heterocycles. The Balaban J connectivity index is 1.32. The molecule has 0 aliphatic carbocycles. The molecule has 166 valence electrons. The number of carbonyl (C=O) groups excluding carboxylic acids is 2. The van der Waals surface area contributed by atoms with Gasteiger partial charge in [-0.05, 0) is 41.5 Å². The Hall–Kier alpha value is -2.60. The molecule has 0 unspecified atom stereocenters. The Morgan fingerprint density at radius 2 is 1.77 bits per heavy atom. The molecule has 1 aromatic carbocycles. The van der Waals surface area contributed by atoms with Gasteiger partial charge in [0.1, 0.15) is 5.76 Å². The number of hydrogen-bond acceptors (Lipinski definition) is 4. The van der Waals surface area contributed by atoms with E-state index in [0.29, 0.717) is 19.6 Å². The minimum absolute atomic E-state index is 0.00490. The number of furan rings is 1. The first-order valence-electron chi connectivity index (χ1n) is 11.3. The van der Waals surface area contributed by atoms with Crippen LogP contribution in [-0.2, 0) is 29.2 Å². The van der Waals surface area contributed by atoms with Crippen LogP contribution in [0, 0.1) is 17.8 Å². The molecule has 2 aliphatic heterocycles. The second-order valence-electron chi connectivity index (χ2n) is 9.38. The predicted octanol–water partition coefficient (Wildman–Crippen LogP) is 3.42. The Labute approximate surface area is 184 Å². The maximum Gasteiger partial charge on any atom is 0.225 e. The zero-order valence-corrected chi connectivity index (χ0v) is 18.5. The van der Waals surface area contributed by atoms with Crippen LogP contribution in [0.2, 0.25) is 0 Å². The lowest BCUT2D eigenvalue weighted by atomic mass is 9.91. The van der Waals surface area contributed by atoms with E-state index < -0.39 is 0 Å². The minimum Gasteiger partial charge on any atom is -0.467 e. The molecular weight excluding hydrogens is 390 g/mol. The van der Waals surface area contributed by atoms with Crippen molar-refractivity contribution >= 4 is 11.8 Å². The van der Waals surface area contributed by atoms with Gasteiger partial charge in [0.15, 0.2) is 0 Å². The molecule has 0 radical (unpaired) electrons. The van der Waals surface area contributed by atoms with E-state index in [9.17, 15) is 9.59 Å². The molecule has 6 heteroatoms. The Morgan fingerprint density at radius 3 is 2.48 bits per heavy atom. The second-order valence-corrected chi connectivity index (χ2v) is 9.38. The van der Waals surface area contributed by atoms with Gasteiger partial charge in [0.05, 0.1) is 18.7 Å². The summed E-state index contributed by atoms with van der Waals surface area (Å²) in [5.41, 5.74) is 2.42. The monoisotopic (exact) mass is 423 g/mol. The minimum atomic E-state index is -0.307. The molecule has 31 heavy (non-hydrogen) atoms. The quantitative estimate of drug-likeness (QED) is 0.741. The number of hydrogen-bond donors (Lipinski definition) is 1. The third kappa shape index (κ3) is 5.56. The molecule has 3 atom stereocenters. The molecule has 2 fully saturated rings. The molecule has 6 nitrogen and oxygen atoms in total. The SMILES string of the molecule is C[C@@H]1C[C@H](C)CN(Cc2ccccc2CNC(=O)[C@@H]2CC(=O)N(Cc3ccco3)C2)C1. The van der Waals surface area contributed by atoms with Gasteiger partial charge < -0.3 is 14.6 Å². The molecule has 0 saturated carbocycles. The van der Waals surface area contributed by atoms with Crippen molar-refractivity contribution in [2.24, 2.45) is 17.8 Å². The zero-order chi connectivity index (χ0) is 21.8. The summed E-state index contributed by atoms with van der Waals surface area (Å²) in [5.74, 6) is 1.83. The number of likely N-dealkylation sites (tertiary alicyclic amines) is 2. The molecule has 2 saturated heterocycles. The predicted molar refractivity (Wildman–Crippen MR) is 119 cm³/mol. The highest BCUT2D eigenvalue weighted by Crippen LogP contribution is 2.24. The number of amides is 2. The van der Waals surface area contributed by atoms with Crippen molar-refractivity contribution in [1.29, 1.82) is 0 Å². The van der Waals surface area contributed by atoms with Crippen molar-refractivity contribution in [2.75, 3.05) is 19.6 Å². The molecule has 1 aromatic heterocycles. The lowest BCUT2D eigenvalue weighted by Gasteiger charge is -2.35. The summed E-state index contributed by atoms with van der Waals surface area (Å²) in [6, 6.07) is 12.0. The summed E-state index contributed by atoms with van der Waals surface area (Å²) in [5, 5.41) is 3.08. The topological polar surface area (TPSA) is 65.8 Å². The third-order valence-electron chi connectivity index (χ3n) is 6.42. The van der Waals surface area contributed by atoms with Gasteiger partial charge in [-0.3, -0.25) is 14.5 Å². The van der Waals surface area contributed by atoms with Crippen LogP contribution in [0.15, 0.2) is 47.1 Å². The smallest absolute Gasteiger partial charge is 0.225 e. The van der Waals surface area contributed by atoms with Crippen LogP contribution in [0.1, 0.15) is 43.6 Å². The molecule has 0 spiro atoms. The summed E-state index contributed by atoms with van der Waals surface area (Å²) in [7, 11) is 0. The lowest BCUT2D eigenvalue weighted by molar-refractivity contribution is -0.129. The highest BCUT2D eigenvalue weighted by molar-refractivity contribution is 5.89. The first-order chi connectivity index (χ1) is 15.0. The largest absolute Gasteiger partial charge is 0.467 e. The molecule has 1 N–H and O–H groups in total. The first-order valence-corrected chi connectivity index (χ1v) is 11.3. The van der Waals surface area contributed by atoms with Crippen molar-refractivity contribution < 1.29 is 14.0 Å². The third-order valence-corrected chi connectivity index (χ3v) is 6.42. The zero-order valence-electron chi connectivity index (χ0n) is 18.5. The van der Waals surface area contributed by atoms with E-state index in [1.165, 1.54) is 12.0 Å². The van der Waals surface area contributed by atoms with Gasteiger partial charge in [-0.2, -0.15) is 0 Å². The van der Waals surface area contributed by atoms with Crippen molar-refractivity contribution in [1.82, 2.24) is 15.1 Å². The number of rotatable bonds is 7. The maximum atomic E-state index is 12.8. The summed E-state index contributed by atoms with van der Waals surface area (Å²) >= 11 is 0. The van der Waals surface area contributed by atoms with E-state index in [4.69, 9.17) is 4.42 Å². The average molecular weight is 424 g/mol. The number of carbonyl (C=O) groups is 2. The maximum absolute atomic E-state index is 12.8. The Kier molecular flexibility index (Phi) is 6.76. The van der Waals surface area contributed by atoms with Crippen LogP contribution in [0.3, 0.4) is 0 Å². The van der Waals surface area contributed by atoms with Gasteiger partial charge >= 0.3 is 0 Å². The fraction of sp³-hybridized carbons (Fsp3) is 0.520. The lowest BCUT2D eigenvalue weighted by Crippen LogP contribution is -2.38. The summed E-state index contributed by atoms with van der Waals surface area (Å²) in [6.07, 6.45) is 3.16. The normalized spacial score (nSPS) is 24.5. The molecule has 2 amide bonds. The number of benzene rings is 1. The Morgan fingerprint density at radius 1 is 1.03 bits per heavy atom. The van der Waals surface area contributed by atoms with E-state index in [1.807, 2.05) is 18.2 Å². The molecule has 4 rings (SSSR count). The molecule has 0 bridgehead atoms. The van der Waals surface area contributed by atoms with Gasteiger partial charge in [0.2, 0.25) is 11.8 Å². The number of nitrogens with zero attached hydrogens (tertiary/aromatic N) is 2. The van der Waals surface area contributed by atoms with Crippen molar-refractivity contribution in [3.8, 4) is 0 Å². The number of piperidine rings is 1. The van der Waals surface area contributed by atoms with E-state index in [1.54, 1.807) is 11.2 Å². The van der Waals surface area contributed by atoms with Crippen molar-refractivity contribution in [2.45, 2.75) is 46.3 Å². The highest BCUT2D eigenvalue weighted by atomic mass is 16.3. The molecular formula is C25H33N3O3. The molecule has 2 aromatic rings. The summed E-state index contributed by atoms with van der Waals surface area (Å²) in [4.78, 5) is 29.3. The second kappa shape index (κ2) is 9.69. The van der Waals surface area contributed by atoms with E-state index in [-0.39, 0.29) is 24.2 Å². The van der Waals surface area contributed by atoms with Crippen LogP contribution in [0.5, 0.6) is 0 Å². The van der Waals surface area contributed by atoms with Crippen LogP contribution < -0.4 is 5.32 Å². The van der Waals surface area contributed by atoms with E-state index >= 15 is 0 Å². The van der Waals surface area contributed by atoms with Gasteiger partial charge in [0, 0.05) is 39.1 Å². The van der Waals surface area contributed by atoms with E-state index in [2.05, 4.69) is 42.3 Å². The van der Waals surface area contributed by atoms with Gasteiger partial charge in [-0.1, -0.05) is 38.1 Å². The van der Waals surface area contributed by atoms with Gasteiger partial charge in [-0.15, -0.1) is 0 Å². The van der Waals surface area contributed by atoms with Crippen molar-refractivity contribution in [3.05, 3.63) is 59.5 Å². The van der Waals surface area contributed by atoms with Crippen molar-refractivity contribution in [3.63, 3.8) is 0 Å². The standard InChI is InChI=1S/C25H33N3O3/c1-18-10-19(2)14-27(13-18)15-21-7-4-3-6-20(21)12-26-25(30)22-11-24(29)28(16-22)17-23-8-5-9-31-23/h3-9,18-19,22H,10-17H2,1-2H3,(H,26,30)/t18-,19+,22-/m1/s1. The van der Waals surface area contributed by atoms with E-state index in [0.717, 1.165) is 42.8 Å².